The number of aromatic hydroxyl groups is 1. The van der Waals surface area contributed by atoms with Gasteiger partial charge in [0.1, 0.15) is 17.4 Å². The van der Waals surface area contributed by atoms with E-state index in [2.05, 4.69) is 0 Å². The fraction of sp³-hybridized carbons (Fsp3) is 0.219. The zero-order valence-electron chi connectivity index (χ0n) is 22.2. The van der Waals surface area contributed by atoms with E-state index in [9.17, 15) is 36.8 Å². The lowest BCUT2D eigenvalue weighted by Crippen LogP contribution is -2.65. The molecule has 4 aromatic rings. The summed E-state index contributed by atoms with van der Waals surface area (Å²) in [6.45, 7) is 0. The maximum atomic E-state index is 13.9. The lowest BCUT2D eigenvalue weighted by molar-refractivity contribution is -0.149. The van der Waals surface area contributed by atoms with E-state index >= 15 is 0 Å². The number of anilines is 1. The first kappa shape index (κ1) is 28.0. The molecule has 1 aliphatic carbocycles. The number of hydrogen-bond donors (Lipinski definition) is 3. The maximum Gasteiger partial charge on any atom is 0.294 e. The molecular weight excluding hydrogens is 564 g/mol. The predicted octanol–water partition coefficient (Wildman–Crippen LogP) is 6.12. The van der Waals surface area contributed by atoms with E-state index < -0.39 is 38.8 Å². The number of carbonyl (C=O) groups is 1. The van der Waals surface area contributed by atoms with Gasteiger partial charge in [-0.3, -0.25) is 9.35 Å². The van der Waals surface area contributed by atoms with Crippen molar-refractivity contribution in [3.63, 3.8) is 0 Å². The van der Waals surface area contributed by atoms with Crippen molar-refractivity contribution in [3.8, 4) is 16.9 Å². The smallest absolute Gasteiger partial charge is 0.294 e. The summed E-state index contributed by atoms with van der Waals surface area (Å²) in [6.07, 6.45) is 1.11. The van der Waals surface area contributed by atoms with Crippen LogP contribution >= 0.6 is 0 Å². The SMILES string of the molecule is O=C1N(c2ccc(F)cc2)[C@H](c2ccc(-c3ccc(S(=O)(=O)O)cc3)cc2O)C12CCC(O)(c1ccc(F)cc1)CC2. The van der Waals surface area contributed by atoms with Gasteiger partial charge < -0.3 is 15.1 Å². The second-order valence-corrected chi connectivity index (χ2v) is 12.4. The summed E-state index contributed by atoms with van der Waals surface area (Å²) in [6, 6.07) is 21.1. The number of hydrogen-bond acceptors (Lipinski definition) is 5. The molecule has 42 heavy (non-hydrogen) atoms. The Kier molecular flexibility index (Phi) is 6.68. The summed E-state index contributed by atoms with van der Waals surface area (Å²) in [5, 5.41) is 22.7. The van der Waals surface area contributed by atoms with Gasteiger partial charge in [-0.2, -0.15) is 8.42 Å². The minimum Gasteiger partial charge on any atom is -0.508 e. The number of phenols is 1. The summed E-state index contributed by atoms with van der Waals surface area (Å²) in [4.78, 5) is 15.1. The monoisotopic (exact) mass is 591 g/mol. The molecular formula is C32H27F2NO6S. The van der Waals surface area contributed by atoms with Crippen molar-refractivity contribution in [1.29, 1.82) is 0 Å². The molecule has 1 amide bonds. The molecule has 1 heterocycles. The van der Waals surface area contributed by atoms with Gasteiger partial charge >= 0.3 is 0 Å². The van der Waals surface area contributed by atoms with E-state index in [0.717, 1.165) is 0 Å². The van der Waals surface area contributed by atoms with Crippen LogP contribution in [0, 0.1) is 17.0 Å². The first-order valence-corrected chi connectivity index (χ1v) is 14.8. The van der Waals surface area contributed by atoms with E-state index in [1.165, 1.54) is 71.6 Å². The number of halogens is 2. The molecule has 216 valence electrons. The number of aliphatic hydroxyl groups is 1. The Morgan fingerprint density at radius 2 is 1.31 bits per heavy atom. The Labute approximate surface area is 241 Å². The van der Waals surface area contributed by atoms with Crippen LogP contribution in [0.2, 0.25) is 0 Å². The summed E-state index contributed by atoms with van der Waals surface area (Å²) >= 11 is 0. The van der Waals surface area contributed by atoms with Gasteiger partial charge in [-0.25, -0.2) is 8.78 Å². The summed E-state index contributed by atoms with van der Waals surface area (Å²) < 4.78 is 59.3. The van der Waals surface area contributed by atoms with Crippen LogP contribution in [-0.2, 0) is 20.5 Å². The van der Waals surface area contributed by atoms with Crippen molar-refractivity contribution in [2.24, 2.45) is 5.41 Å². The van der Waals surface area contributed by atoms with Crippen molar-refractivity contribution in [1.82, 2.24) is 0 Å². The van der Waals surface area contributed by atoms with E-state index in [1.54, 1.807) is 24.3 Å². The molecule has 1 saturated carbocycles. The van der Waals surface area contributed by atoms with E-state index in [1.807, 2.05) is 0 Å². The van der Waals surface area contributed by atoms with E-state index in [-0.39, 0.29) is 29.4 Å². The van der Waals surface area contributed by atoms with Gasteiger partial charge in [0.25, 0.3) is 10.1 Å². The quantitative estimate of drug-likeness (QED) is 0.190. The molecule has 0 bridgehead atoms. The lowest BCUT2D eigenvalue weighted by Gasteiger charge is -2.59. The highest BCUT2D eigenvalue weighted by Crippen LogP contribution is 2.62. The molecule has 7 nitrogen and oxygen atoms in total. The fourth-order valence-electron chi connectivity index (χ4n) is 6.38. The van der Waals surface area contributed by atoms with Gasteiger partial charge in [0.05, 0.1) is 22.0 Å². The molecule has 2 fully saturated rings. The minimum atomic E-state index is -4.35. The predicted molar refractivity (Wildman–Crippen MR) is 151 cm³/mol. The first-order chi connectivity index (χ1) is 19.9. The number of carbonyl (C=O) groups excluding carboxylic acids is 1. The molecule has 0 aromatic heterocycles. The third-order valence-corrected chi connectivity index (χ3v) is 9.56. The Bertz CT molecular complexity index is 1770. The second kappa shape index (κ2) is 10.0. The molecule has 0 radical (unpaired) electrons. The van der Waals surface area contributed by atoms with Gasteiger partial charge in [0.15, 0.2) is 0 Å². The van der Waals surface area contributed by atoms with Crippen LogP contribution in [0.3, 0.4) is 0 Å². The van der Waals surface area contributed by atoms with Crippen molar-refractivity contribution in [3.05, 3.63) is 114 Å². The van der Waals surface area contributed by atoms with Gasteiger partial charge in [0.2, 0.25) is 5.91 Å². The molecule has 3 N–H and O–H groups in total. The molecule has 4 aromatic carbocycles. The third-order valence-electron chi connectivity index (χ3n) is 8.69. The highest BCUT2D eigenvalue weighted by molar-refractivity contribution is 7.85. The highest BCUT2D eigenvalue weighted by atomic mass is 32.2. The molecule has 0 unspecified atom stereocenters. The molecule has 1 spiro atoms. The van der Waals surface area contributed by atoms with Crippen LogP contribution < -0.4 is 4.90 Å². The minimum absolute atomic E-state index is 0.0882. The van der Waals surface area contributed by atoms with Crippen molar-refractivity contribution in [2.45, 2.75) is 42.2 Å². The zero-order chi connectivity index (χ0) is 29.9. The van der Waals surface area contributed by atoms with Crippen LogP contribution in [0.1, 0.15) is 42.9 Å². The van der Waals surface area contributed by atoms with Crippen LogP contribution in [-0.4, -0.2) is 29.1 Å². The normalized spacial score (nSPS) is 24.0. The summed E-state index contributed by atoms with van der Waals surface area (Å²) in [7, 11) is -4.35. The van der Waals surface area contributed by atoms with E-state index in [0.29, 0.717) is 40.8 Å². The molecule has 2 aliphatic rings. The van der Waals surface area contributed by atoms with Gasteiger partial charge in [-0.05, 0) is 97.0 Å². The van der Waals surface area contributed by atoms with Crippen LogP contribution in [0.25, 0.3) is 11.1 Å². The van der Waals surface area contributed by atoms with Gasteiger partial charge in [0, 0.05) is 11.3 Å². The fourth-order valence-corrected chi connectivity index (χ4v) is 6.86. The zero-order valence-corrected chi connectivity index (χ0v) is 23.1. The molecule has 10 heteroatoms. The number of rotatable bonds is 5. The summed E-state index contributed by atoms with van der Waals surface area (Å²) in [5.74, 6) is -1.14. The topological polar surface area (TPSA) is 115 Å². The Hall–Kier alpha value is -4.12. The number of benzene rings is 4. The Morgan fingerprint density at radius 3 is 1.86 bits per heavy atom. The van der Waals surface area contributed by atoms with Gasteiger partial charge in [-0.15, -0.1) is 0 Å². The number of amides is 1. The Morgan fingerprint density at radius 1 is 0.762 bits per heavy atom. The van der Waals surface area contributed by atoms with Crippen molar-refractivity contribution in [2.75, 3.05) is 4.90 Å². The number of nitrogens with zero attached hydrogens (tertiary/aromatic N) is 1. The standard InChI is InChI=1S/C32H27F2NO6S/c33-23-6-4-22(5-7-23)32(38)17-15-31(16-18-32)29(35(30(31)37)25-10-8-24(34)9-11-25)27-14-3-21(19-28(27)36)20-1-12-26(13-2-20)42(39,40)41/h1-14,19,29,36,38H,15-18H2,(H,39,40,41)/t29-,31?,32?/m1/s1. The molecule has 1 atom stereocenters. The maximum absolute atomic E-state index is 13.9. The summed E-state index contributed by atoms with van der Waals surface area (Å²) in [5.41, 5.74) is 0.535. The van der Waals surface area contributed by atoms with Crippen LogP contribution in [0.4, 0.5) is 14.5 Å². The average molecular weight is 592 g/mol. The van der Waals surface area contributed by atoms with Crippen LogP contribution in [0.5, 0.6) is 5.75 Å². The third kappa shape index (κ3) is 4.65. The molecule has 6 rings (SSSR count). The van der Waals surface area contributed by atoms with Crippen molar-refractivity contribution >= 4 is 21.7 Å². The average Bonchev–Trinajstić information content (AvgIpc) is 2.97. The van der Waals surface area contributed by atoms with Gasteiger partial charge in [-0.1, -0.05) is 36.4 Å². The Balaban J connectivity index is 1.36. The molecule has 1 saturated heterocycles. The first-order valence-electron chi connectivity index (χ1n) is 13.4. The number of β-lactam (4-membered cyclic amide) rings is 1. The van der Waals surface area contributed by atoms with E-state index in [4.69, 9.17) is 0 Å². The van der Waals surface area contributed by atoms with Crippen molar-refractivity contribution < 1.29 is 36.8 Å². The van der Waals surface area contributed by atoms with Crippen LogP contribution in [0.15, 0.2) is 95.9 Å². The highest BCUT2D eigenvalue weighted by Gasteiger charge is 2.64. The largest absolute Gasteiger partial charge is 0.508 e. The second-order valence-electron chi connectivity index (χ2n) is 11.0. The molecule has 1 aliphatic heterocycles. The lowest BCUT2D eigenvalue weighted by atomic mass is 9.56. The number of phenolic OH excluding ortho intramolecular Hbond substituents is 1.